The molecular formula is C17H17N3O. The van der Waals surface area contributed by atoms with Gasteiger partial charge in [-0.1, -0.05) is 24.3 Å². The van der Waals surface area contributed by atoms with E-state index >= 15 is 0 Å². The molecule has 0 fully saturated rings. The van der Waals surface area contributed by atoms with Crippen LogP contribution in [0.1, 0.15) is 0 Å². The van der Waals surface area contributed by atoms with Crippen molar-refractivity contribution in [3.63, 3.8) is 0 Å². The largest absolute Gasteiger partial charge is 0.494 e. The summed E-state index contributed by atoms with van der Waals surface area (Å²) in [5.41, 5.74) is 3.84. The molecule has 1 aromatic heterocycles. The van der Waals surface area contributed by atoms with Crippen molar-refractivity contribution in [2.45, 2.75) is 0 Å². The minimum atomic E-state index is 0.804. The van der Waals surface area contributed by atoms with Gasteiger partial charge in [-0.2, -0.15) is 5.10 Å². The van der Waals surface area contributed by atoms with Crippen LogP contribution < -0.4 is 10.1 Å². The fourth-order valence-corrected chi connectivity index (χ4v) is 2.35. The average molecular weight is 279 g/mol. The number of rotatable bonds is 4. The fourth-order valence-electron chi connectivity index (χ4n) is 2.35. The quantitative estimate of drug-likeness (QED) is 0.793. The molecule has 0 aliphatic rings. The Morgan fingerprint density at radius 3 is 2.52 bits per heavy atom. The van der Waals surface area contributed by atoms with Crippen molar-refractivity contribution < 1.29 is 4.74 Å². The van der Waals surface area contributed by atoms with Crippen molar-refractivity contribution in [2.24, 2.45) is 0 Å². The molecule has 0 saturated heterocycles. The van der Waals surface area contributed by atoms with Gasteiger partial charge in [0.1, 0.15) is 0 Å². The number of aromatic nitrogens is 2. The topological polar surface area (TPSA) is 39.1 Å². The molecule has 2 aromatic carbocycles. The number of anilines is 1. The molecule has 3 aromatic rings. The summed E-state index contributed by atoms with van der Waals surface area (Å²) in [5.74, 6) is 0.804. The van der Waals surface area contributed by atoms with Crippen molar-refractivity contribution in [1.29, 1.82) is 0 Å². The third-order valence-electron chi connectivity index (χ3n) is 3.37. The summed E-state index contributed by atoms with van der Waals surface area (Å²) >= 11 is 0. The minimum Gasteiger partial charge on any atom is -0.494 e. The molecule has 0 spiro atoms. The molecular weight excluding hydrogens is 262 g/mol. The van der Waals surface area contributed by atoms with Crippen LogP contribution in [0.4, 0.5) is 5.69 Å². The molecule has 0 radical (unpaired) electrons. The zero-order chi connectivity index (χ0) is 14.7. The van der Waals surface area contributed by atoms with E-state index in [1.54, 1.807) is 7.11 Å². The lowest BCUT2D eigenvalue weighted by molar-refractivity contribution is 0.418. The van der Waals surface area contributed by atoms with Crippen LogP contribution in [0.5, 0.6) is 5.75 Å². The van der Waals surface area contributed by atoms with Gasteiger partial charge in [0.15, 0.2) is 5.75 Å². The van der Waals surface area contributed by atoms with Crippen LogP contribution in [0.2, 0.25) is 0 Å². The highest BCUT2D eigenvalue weighted by Crippen LogP contribution is 2.35. The normalized spacial score (nSPS) is 10.4. The molecule has 0 unspecified atom stereocenters. The van der Waals surface area contributed by atoms with Gasteiger partial charge < -0.3 is 10.1 Å². The molecule has 0 saturated carbocycles. The Morgan fingerprint density at radius 2 is 1.81 bits per heavy atom. The monoisotopic (exact) mass is 279 g/mol. The van der Waals surface area contributed by atoms with Gasteiger partial charge in [0, 0.05) is 18.8 Å². The van der Waals surface area contributed by atoms with E-state index in [9.17, 15) is 0 Å². The molecule has 0 amide bonds. The predicted octanol–water partition coefficient (Wildman–Crippen LogP) is 3.59. The number of nitrogens with zero attached hydrogens (tertiary/aromatic N) is 2. The molecule has 4 nitrogen and oxygen atoms in total. The van der Waals surface area contributed by atoms with E-state index in [0.29, 0.717) is 0 Å². The maximum atomic E-state index is 5.52. The van der Waals surface area contributed by atoms with Gasteiger partial charge in [-0.15, -0.1) is 0 Å². The lowest BCUT2D eigenvalue weighted by atomic mass is 10.1. The highest BCUT2D eigenvalue weighted by atomic mass is 16.5. The molecule has 0 aliphatic carbocycles. The summed E-state index contributed by atoms with van der Waals surface area (Å²) < 4.78 is 7.39. The van der Waals surface area contributed by atoms with Crippen LogP contribution in [0.3, 0.4) is 0 Å². The highest BCUT2D eigenvalue weighted by Gasteiger charge is 2.12. The second kappa shape index (κ2) is 5.71. The van der Waals surface area contributed by atoms with Crippen molar-refractivity contribution >= 4 is 5.69 Å². The minimum absolute atomic E-state index is 0.804. The molecule has 0 atom stereocenters. The number of para-hydroxylation sites is 2. The first-order chi connectivity index (χ1) is 10.3. The van der Waals surface area contributed by atoms with Crippen molar-refractivity contribution in [3.8, 4) is 22.7 Å². The van der Waals surface area contributed by atoms with Crippen LogP contribution in [0, 0.1) is 0 Å². The average Bonchev–Trinajstić information content (AvgIpc) is 3.04. The molecule has 1 N–H and O–H groups in total. The smallest absolute Gasteiger partial charge is 0.151 e. The van der Waals surface area contributed by atoms with E-state index in [2.05, 4.69) is 10.4 Å². The van der Waals surface area contributed by atoms with Gasteiger partial charge in [-0.3, -0.25) is 0 Å². The van der Waals surface area contributed by atoms with E-state index < -0.39 is 0 Å². The standard InChI is InChI=1S/C17H17N3O/c1-18-16-10-6-9-14(17(16)21-2)15-11-12-20(19-15)13-7-4-3-5-8-13/h3-12,18H,1-2H3. The lowest BCUT2D eigenvalue weighted by Gasteiger charge is -2.11. The van der Waals surface area contributed by atoms with Crippen molar-refractivity contribution in [2.75, 3.05) is 19.5 Å². The maximum Gasteiger partial charge on any atom is 0.151 e. The Bertz CT molecular complexity index is 735. The fraction of sp³-hybridized carbons (Fsp3) is 0.118. The summed E-state index contributed by atoms with van der Waals surface area (Å²) in [5, 5.41) is 7.78. The van der Waals surface area contributed by atoms with E-state index in [1.807, 2.05) is 72.5 Å². The van der Waals surface area contributed by atoms with E-state index in [-0.39, 0.29) is 0 Å². The molecule has 0 aliphatic heterocycles. The van der Waals surface area contributed by atoms with Crippen molar-refractivity contribution in [1.82, 2.24) is 9.78 Å². The van der Waals surface area contributed by atoms with Crippen molar-refractivity contribution in [3.05, 3.63) is 60.8 Å². The van der Waals surface area contributed by atoms with Gasteiger partial charge >= 0.3 is 0 Å². The Morgan fingerprint density at radius 1 is 1.00 bits per heavy atom. The van der Waals surface area contributed by atoms with Gasteiger partial charge in [-0.05, 0) is 30.3 Å². The first kappa shape index (κ1) is 13.2. The van der Waals surface area contributed by atoms with Crippen LogP contribution >= 0.6 is 0 Å². The summed E-state index contributed by atoms with van der Waals surface area (Å²) in [6, 6.07) is 18.0. The van der Waals surface area contributed by atoms with Crippen LogP contribution in [0.25, 0.3) is 16.9 Å². The first-order valence-corrected chi connectivity index (χ1v) is 6.79. The van der Waals surface area contributed by atoms with Crippen LogP contribution in [-0.4, -0.2) is 23.9 Å². The Kier molecular flexibility index (Phi) is 3.60. The Hall–Kier alpha value is -2.75. The van der Waals surface area contributed by atoms with E-state index in [0.717, 1.165) is 28.4 Å². The molecule has 3 rings (SSSR count). The second-order valence-electron chi connectivity index (χ2n) is 4.62. The SMILES string of the molecule is CNc1cccc(-c2ccn(-c3ccccc3)n2)c1OC. The summed E-state index contributed by atoms with van der Waals surface area (Å²) in [7, 11) is 3.55. The molecule has 4 heteroatoms. The zero-order valence-corrected chi connectivity index (χ0v) is 12.1. The summed E-state index contributed by atoms with van der Waals surface area (Å²) in [6.07, 6.45) is 1.95. The van der Waals surface area contributed by atoms with Crippen LogP contribution in [-0.2, 0) is 0 Å². The Labute approximate surface area is 124 Å². The summed E-state index contributed by atoms with van der Waals surface area (Å²) in [4.78, 5) is 0. The van der Waals surface area contributed by atoms with Gasteiger partial charge in [0.25, 0.3) is 0 Å². The third kappa shape index (κ3) is 2.48. The lowest BCUT2D eigenvalue weighted by Crippen LogP contribution is -1.97. The molecule has 1 heterocycles. The van der Waals surface area contributed by atoms with E-state index in [1.165, 1.54) is 0 Å². The number of hydrogen-bond donors (Lipinski definition) is 1. The van der Waals surface area contributed by atoms with E-state index in [4.69, 9.17) is 4.74 Å². The van der Waals surface area contributed by atoms with Gasteiger partial charge in [0.2, 0.25) is 0 Å². The highest BCUT2D eigenvalue weighted by molar-refractivity contribution is 5.76. The number of ether oxygens (including phenoxy) is 1. The number of nitrogens with one attached hydrogen (secondary N) is 1. The predicted molar refractivity (Wildman–Crippen MR) is 85.1 cm³/mol. The second-order valence-corrected chi connectivity index (χ2v) is 4.62. The molecule has 0 bridgehead atoms. The summed E-state index contributed by atoms with van der Waals surface area (Å²) in [6.45, 7) is 0. The van der Waals surface area contributed by atoms with Crippen LogP contribution in [0.15, 0.2) is 60.8 Å². The third-order valence-corrected chi connectivity index (χ3v) is 3.37. The van der Waals surface area contributed by atoms with Gasteiger partial charge in [0.05, 0.1) is 24.2 Å². The zero-order valence-electron chi connectivity index (χ0n) is 12.1. The maximum absolute atomic E-state index is 5.52. The number of hydrogen-bond acceptors (Lipinski definition) is 3. The number of benzene rings is 2. The first-order valence-electron chi connectivity index (χ1n) is 6.79. The molecule has 106 valence electrons. The Balaban J connectivity index is 2.05. The van der Waals surface area contributed by atoms with Gasteiger partial charge in [-0.25, -0.2) is 4.68 Å². The number of methoxy groups -OCH3 is 1. The molecule has 21 heavy (non-hydrogen) atoms.